The molecule has 0 saturated heterocycles. The van der Waals surface area contributed by atoms with E-state index in [1.165, 1.54) is 5.01 Å². The molecule has 1 N–H and O–H groups in total. The van der Waals surface area contributed by atoms with Gasteiger partial charge in [-0.15, -0.1) is 11.3 Å². The van der Waals surface area contributed by atoms with Gasteiger partial charge in [0.1, 0.15) is 0 Å². The molecule has 0 radical (unpaired) electrons. The summed E-state index contributed by atoms with van der Waals surface area (Å²) in [6.07, 6.45) is 3.77. The number of hydrogen-bond donors (Lipinski definition) is 1. The van der Waals surface area contributed by atoms with Crippen LogP contribution in [0.15, 0.2) is 0 Å². The van der Waals surface area contributed by atoms with E-state index in [9.17, 15) is 5.11 Å². The molecule has 2 rings (SSSR count). The first-order chi connectivity index (χ1) is 7.02. The Kier molecular flexibility index (Phi) is 2.86. The second kappa shape index (κ2) is 3.87. The second-order valence-corrected chi connectivity index (χ2v) is 6.34. The Labute approximate surface area is 95.4 Å². The lowest BCUT2D eigenvalue weighted by atomic mass is 9.77. The van der Waals surface area contributed by atoms with E-state index in [4.69, 9.17) is 0 Å². The van der Waals surface area contributed by atoms with Crippen molar-refractivity contribution in [3.8, 4) is 0 Å². The maximum absolute atomic E-state index is 10.0. The Morgan fingerprint density at radius 2 is 2.27 bits per heavy atom. The summed E-state index contributed by atoms with van der Waals surface area (Å²) in [5, 5.41) is 11.2. The van der Waals surface area contributed by atoms with Crippen LogP contribution in [0.3, 0.4) is 0 Å². The molecule has 84 valence electrons. The summed E-state index contributed by atoms with van der Waals surface area (Å²) in [7, 11) is 0. The van der Waals surface area contributed by atoms with Crippen molar-refractivity contribution in [1.82, 2.24) is 4.98 Å². The highest BCUT2D eigenvalue weighted by Crippen LogP contribution is 2.42. The summed E-state index contributed by atoms with van der Waals surface area (Å²) in [6, 6.07) is 0. The third kappa shape index (κ3) is 2.23. The molecule has 0 saturated carbocycles. The highest BCUT2D eigenvalue weighted by atomic mass is 32.1. The predicted octanol–water partition coefficient (Wildman–Crippen LogP) is 3.10. The minimum Gasteiger partial charge on any atom is -0.387 e. The average Bonchev–Trinajstić information content (AvgIpc) is 2.46. The van der Waals surface area contributed by atoms with Gasteiger partial charge in [-0.2, -0.15) is 0 Å². The summed E-state index contributed by atoms with van der Waals surface area (Å²) in [5.41, 5.74) is 1.34. The first kappa shape index (κ1) is 11.1. The molecule has 1 aliphatic rings. The zero-order chi connectivity index (χ0) is 11.1. The van der Waals surface area contributed by atoms with Crippen LogP contribution in [-0.4, -0.2) is 10.1 Å². The predicted molar refractivity (Wildman–Crippen MR) is 63.2 cm³/mol. The molecule has 0 aliphatic heterocycles. The third-order valence-electron chi connectivity index (χ3n) is 2.93. The molecule has 3 heteroatoms. The van der Waals surface area contributed by atoms with E-state index in [0.29, 0.717) is 0 Å². The van der Waals surface area contributed by atoms with Crippen LogP contribution >= 0.6 is 11.3 Å². The molecular weight excluding hydrogens is 206 g/mol. The van der Waals surface area contributed by atoms with Crippen LogP contribution in [0.5, 0.6) is 0 Å². The lowest BCUT2D eigenvalue weighted by Gasteiger charge is -2.31. The fraction of sp³-hybridized carbons (Fsp3) is 0.750. The Balaban J connectivity index is 2.30. The Morgan fingerprint density at radius 1 is 1.53 bits per heavy atom. The molecule has 1 aliphatic carbocycles. The van der Waals surface area contributed by atoms with Gasteiger partial charge >= 0.3 is 0 Å². The molecule has 1 aromatic heterocycles. The van der Waals surface area contributed by atoms with Crippen LogP contribution in [0.1, 0.15) is 55.3 Å². The summed E-state index contributed by atoms with van der Waals surface area (Å²) < 4.78 is 0. The molecule has 2 nitrogen and oxygen atoms in total. The smallest absolute Gasteiger partial charge is 0.0932 e. The molecule has 0 aromatic carbocycles. The van der Waals surface area contributed by atoms with Crippen LogP contribution in [0, 0.1) is 5.41 Å². The van der Waals surface area contributed by atoms with Crippen molar-refractivity contribution in [2.75, 3.05) is 0 Å². The van der Waals surface area contributed by atoms with E-state index in [1.54, 1.807) is 11.3 Å². The number of aryl methyl sites for hydroxylation is 1. The van der Waals surface area contributed by atoms with E-state index in [-0.39, 0.29) is 11.5 Å². The highest BCUT2D eigenvalue weighted by Gasteiger charge is 2.33. The molecule has 1 unspecified atom stereocenters. The van der Waals surface area contributed by atoms with E-state index >= 15 is 0 Å². The van der Waals surface area contributed by atoms with Crippen molar-refractivity contribution < 1.29 is 5.11 Å². The van der Waals surface area contributed by atoms with Crippen molar-refractivity contribution in [3.63, 3.8) is 0 Å². The Morgan fingerprint density at radius 3 is 2.93 bits per heavy atom. The van der Waals surface area contributed by atoms with Crippen LogP contribution in [0.2, 0.25) is 0 Å². The number of rotatable bonds is 2. The molecule has 0 spiro atoms. The van der Waals surface area contributed by atoms with Gasteiger partial charge in [-0.05, 0) is 31.1 Å². The number of thiazole rings is 1. The van der Waals surface area contributed by atoms with Crippen molar-refractivity contribution in [2.24, 2.45) is 5.41 Å². The zero-order valence-corrected chi connectivity index (χ0v) is 10.5. The lowest BCUT2D eigenvalue weighted by molar-refractivity contribution is 0.102. The van der Waals surface area contributed by atoms with Crippen molar-refractivity contribution in [3.05, 3.63) is 15.6 Å². The van der Waals surface area contributed by atoms with Crippen LogP contribution in [0.4, 0.5) is 0 Å². The normalized spacial score (nSPS) is 23.9. The van der Waals surface area contributed by atoms with Gasteiger partial charge in [0.25, 0.3) is 0 Å². The van der Waals surface area contributed by atoms with E-state index in [1.807, 2.05) is 0 Å². The summed E-state index contributed by atoms with van der Waals surface area (Å²) in [6.45, 7) is 6.58. The first-order valence-electron chi connectivity index (χ1n) is 5.68. The van der Waals surface area contributed by atoms with Crippen molar-refractivity contribution in [2.45, 2.75) is 52.6 Å². The van der Waals surface area contributed by atoms with Gasteiger partial charge in [-0.1, -0.05) is 20.8 Å². The number of nitrogens with zero attached hydrogens (tertiary/aromatic N) is 1. The van der Waals surface area contributed by atoms with Crippen molar-refractivity contribution >= 4 is 11.3 Å². The number of hydrogen-bond acceptors (Lipinski definition) is 3. The maximum atomic E-state index is 10.0. The van der Waals surface area contributed by atoms with E-state index in [0.717, 1.165) is 36.3 Å². The van der Waals surface area contributed by atoms with Crippen LogP contribution in [-0.2, 0) is 12.8 Å². The van der Waals surface area contributed by atoms with Gasteiger partial charge in [0.05, 0.1) is 21.7 Å². The number of aliphatic hydroxyl groups excluding tert-OH is 1. The molecular formula is C12H19NOS. The monoisotopic (exact) mass is 225 g/mol. The Bertz CT molecular complexity index is 357. The third-order valence-corrected chi connectivity index (χ3v) is 4.19. The minimum absolute atomic E-state index is 0.198. The van der Waals surface area contributed by atoms with Gasteiger partial charge in [0.15, 0.2) is 0 Å². The SMILES string of the molecule is CCCc1nc2c(s1)C(O)CC(C)(C)C2. The molecule has 1 atom stereocenters. The van der Waals surface area contributed by atoms with Gasteiger partial charge in [0, 0.05) is 0 Å². The highest BCUT2D eigenvalue weighted by molar-refractivity contribution is 7.11. The van der Waals surface area contributed by atoms with Gasteiger partial charge in [-0.3, -0.25) is 0 Å². The molecule has 0 bridgehead atoms. The van der Waals surface area contributed by atoms with E-state index in [2.05, 4.69) is 25.8 Å². The number of fused-ring (bicyclic) bond motifs is 1. The van der Waals surface area contributed by atoms with Crippen LogP contribution < -0.4 is 0 Å². The minimum atomic E-state index is -0.285. The van der Waals surface area contributed by atoms with Gasteiger partial charge < -0.3 is 5.11 Å². The quantitative estimate of drug-likeness (QED) is 0.839. The zero-order valence-electron chi connectivity index (χ0n) is 9.71. The standard InChI is InChI=1S/C12H19NOS/c1-4-5-10-13-8-6-12(2,3)7-9(14)11(8)15-10/h9,14H,4-7H2,1-3H3. The topological polar surface area (TPSA) is 33.1 Å². The fourth-order valence-corrected chi connectivity index (χ4v) is 3.43. The first-order valence-corrected chi connectivity index (χ1v) is 6.50. The molecule has 0 fully saturated rings. The summed E-state index contributed by atoms with van der Waals surface area (Å²) in [5.74, 6) is 0. The molecule has 1 aromatic rings. The summed E-state index contributed by atoms with van der Waals surface area (Å²) in [4.78, 5) is 5.77. The van der Waals surface area contributed by atoms with Crippen molar-refractivity contribution in [1.29, 1.82) is 0 Å². The summed E-state index contributed by atoms with van der Waals surface area (Å²) >= 11 is 1.71. The lowest BCUT2D eigenvalue weighted by Crippen LogP contribution is -2.24. The van der Waals surface area contributed by atoms with Gasteiger partial charge in [-0.25, -0.2) is 4.98 Å². The molecule has 15 heavy (non-hydrogen) atoms. The largest absolute Gasteiger partial charge is 0.387 e. The fourth-order valence-electron chi connectivity index (χ4n) is 2.26. The molecule has 0 amide bonds. The van der Waals surface area contributed by atoms with E-state index < -0.39 is 0 Å². The molecule has 1 heterocycles. The number of aromatic nitrogens is 1. The maximum Gasteiger partial charge on any atom is 0.0932 e. The average molecular weight is 225 g/mol. The second-order valence-electron chi connectivity index (χ2n) is 5.23. The number of aliphatic hydroxyl groups is 1. The van der Waals surface area contributed by atoms with Crippen LogP contribution in [0.25, 0.3) is 0 Å². The van der Waals surface area contributed by atoms with Gasteiger partial charge in [0.2, 0.25) is 0 Å². The Hall–Kier alpha value is -0.410.